The maximum Gasteiger partial charge on any atom is 0.338 e. The zero-order valence-electron chi connectivity index (χ0n) is 21.5. The number of carbonyl (C=O) groups is 3. The van der Waals surface area contributed by atoms with Crippen LogP contribution in [0, 0.1) is 6.92 Å². The predicted molar refractivity (Wildman–Crippen MR) is 142 cm³/mol. The average molecular weight is 525 g/mol. The van der Waals surface area contributed by atoms with E-state index in [1.807, 2.05) is 36.1 Å². The minimum Gasteiger partial charge on any atom is -0.463 e. The van der Waals surface area contributed by atoms with Crippen LogP contribution in [0.2, 0.25) is 5.02 Å². The standard InChI is InChI=1S/C28H33ClN4O4/c1-4-37-27(35)24-23(31(3)28(36)30-25(24)21-8-5-7-19(2)17-21)18-32-13-6-14-33(16-15-32)26(34)20-9-11-22(29)12-10-20/h5,7-12,17,25H,4,6,13-16,18H2,1-3H3,(H,30,36). The first-order valence-corrected chi connectivity index (χ1v) is 12.9. The molecule has 2 aliphatic heterocycles. The molecule has 2 aromatic carbocycles. The third kappa shape index (κ3) is 6.14. The van der Waals surface area contributed by atoms with Crippen LogP contribution in [0.25, 0.3) is 0 Å². The molecule has 2 aliphatic rings. The summed E-state index contributed by atoms with van der Waals surface area (Å²) in [5, 5.41) is 3.56. The number of hydrogen-bond donors (Lipinski definition) is 1. The van der Waals surface area contributed by atoms with E-state index >= 15 is 0 Å². The number of urea groups is 1. The molecule has 9 heteroatoms. The van der Waals surface area contributed by atoms with E-state index < -0.39 is 12.0 Å². The Morgan fingerprint density at radius 1 is 1.08 bits per heavy atom. The lowest BCUT2D eigenvalue weighted by molar-refractivity contribution is -0.139. The zero-order valence-corrected chi connectivity index (χ0v) is 22.3. The maximum absolute atomic E-state index is 13.2. The van der Waals surface area contributed by atoms with E-state index in [9.17, 15) is 14.4 Å². The molecule has 3 amide bonds. The molecular weight excluding hydrogens is 492 g/mol. The summed E-state index contributed by atoms with van der Waals surface area (Å²) in [6, 6.07) is 13.8. The van der Waals surface area contributed by atoms with Crippen LogP contribution in [0.3, 0.4) is 0 Å². The van der Waals surface area contributed by atoms with Crippen molar-refractivity contribution in [1.82, 2.24) is 20.0 Å². The minimum absolute atomic E-state index is 0.0291. The number of carbonyl (C=O) groups excluding carboxylic acids is 3. The molecule has 0 aromatic heterocycles. The van der Waals surface area contributed by atoms with Gasteiger partial charge in [-0.15, -0.1) is 0 Å². The molecule has 1 unspecified atom stereocenters. The molecule has 8 nitrogen and oxygen atoms in total. The van der Waals surface area contributed by atoms with Crippen molar-refractivity contribution < 1.29 is 19.1 Å². The number of benzene rings is 2. The smallest absolute Gasteiger partial charge is 0.338 e. The number of aryl methyl sites for hydroxylation is 1. The fourth-order valence-corrected chi connectivity index (χ4v) is 4.94. The van der Waals surface area contributed by atoms with Crippen molar-refractivity contribution in [2.75, 3.05) is 46.4 Å². The third-order valence-corrected chi connectivity index (χ3v) is 7.04. The third-order valence-electron chi connectivity index (χ3n) is 6.79. The highest BCUT2D eigenvalue weighted by molar-refractivity contribution is 6.30. The summed E-state index contributed by atoms with van der Waals surface area (Å²) in [4.78, 5) is 44.8. The number of ether oxygens (including phenoxy) is 1. The molecule has 0 bridgehead atoms. The summed E-state index contributed by atoms with van der Waals surface area (Å²) in [5.74, 6) is -0.469. The van der Waals surface area contributed by atoms with Crippen LogP contribution in [0.5, 0.6) is 0 Å². The van der Waals surface area contributed by atoms with Gasteiger partial charge in [0, 0.05) is 56.1 Å². The molecule has 0 radical (unpaired) electrons. The van der Waals surface area contributed by atoms with Crippen molar-refractivity contribution in [1.29, 1.82) is 0 Å². The minimum atomic E-state index is -0.604. The molecule has 1 saturated heterocycles. The van der Waals surface area contributed by atoms with Crippen molar-refractivity contribution in [3.05, 3.63) is 81.5 Å². The Morgan fingerprint density at radius 2 is 1.84 bits per heavy atom. The lowest BCUT2D eigenvalue weighted by Gasteiger charge is -2.36. The van der Waals surface area contributed by atoms with Gasteiger partial charge >= 0.3 is 12.0 Å². The van der Waals surface area contributed by atoms with Crippen LogP contribution < -0.4 is 5.32 Å². The van der Waals surface area contributed by atoms with Crippen molar-refractivity contribution >= 4 is 29.5 Å². The Bertz CT molecular complexity index is 1200. The van der Waals surface area contributed by atoms with Crippen LogP contribution in [0.4, 0.5) is 4.79 Å². The van der Waals surface area contributed by atoms with Gasteiger partial charge in [-0.25, -0.2) is 9.59 Å². The number of esters is 1. The molecule has 196 valence electrons. The van der Waals surface area contributed by atoms with Crippen molar-refractivity contribution in [3.63, 3.8) is 0 Å². The fourth-order valence-electron chi connectivity index (χ4n) is 4.82. The number of rotatable bonds is 6. The van der Waals surface area contributed by atoms with E-state index in [2.05, 4.69) is 10.2 Å². The average Bonchev–Trinajstić information content (AvgIpc) is 3.12. The molecular formula is C28H33ClN4O4. The van der Waals surface area contributed by atoms with E-state index in [4.69, 9.17) is 16.3 Å². The van der Waals surface area contributed by atoms with E-state index in [1.54, 1.807) is 38.2 Å². The predicted octanol–water partition coefficient (Wildman–Crippen LogP) is 4.01. The van der Waals surface area contributed by atoms with Gasteiger partial charge in [0.2, 0.25) is 0 Å². The zero-order chi connectivity index (χ0) is 26.5. The Balaban J connectivity index is 1.59. The number of halogens is 1. The summed E-state index contributed by atoms with van der Waals surface area (Å²) in [6.07, 6.45) is 0.776. The molecule has 0 saturated carbocycles. The number of likely N-dealkylation sites (N-methyl/N-ethyl adjacent to an activating group) is 1. The normalized spacial score (nSPS) is 18.9. The van der Waals surface area contributed by atoms with Crippen LogP contribution in [0.1, 0.15) is 40.9 Å². The first kappa shape index (κ1) is 26.7. The lowest BCUT2D eigenvalue weighted by atomic mass is 9.93. The highest BCUT2D eigenvalue weighted by Crippen LogP contribution is 2.32. The van der Waals surface area contributed by atoms with E-state index in [-0.39, 0.29) is 18.5 Å². The molecule has 1 fully saturated rings. The summed E-state index contributed by atoms with van der Waals surface area (Å²) in [7, 11) is 1.67. The second-order valence-corrected chi connectivity index (χ2v) is 9.80. The van der Waals surface area contributed by atoms with Gasteiger partial charge in [0.25, 0.3) is 5.91 Å². The monoisotopic (exact) mass is 524 g/mol. The number of nitrogens with one attached hydrogen (secondary N) is 1. The first-order valence-electron chi connectivity index (χ1n) is 12.6. The van der Waals surface area contributed by atoms with Gasteiger partial charge in [-0.2, -0.15) is 0 Å². The quantitative estimate of drug-likeness (QED) is 0.577. The Labute approximate surface area is 222 Å². The second-order valence-electron chi connectivity index (χ2n) is 9.37. The van der Waals surface area contributed by atoms with Crippen molar-refractivity contribution in [3.8, 4) is 0 Å². The number of nitrogens with zero attached hydrogens (tertiary/aromatic N) is 3. The van der Waals surface area contributed by atoms with Gasteiger partial charge in [0.05, 0.1) is 18.2 Å². The number of hydrogen-bond acceptors (Lipinski definition) is 5. The van der Waals surface area contributed by atoms with E-state index in [0.29, 0.717) is 48.0 Å². The van der Waals surface area contributed by atoms with Gasteiger partial charge in [0.1, 0.15) is 0 Å². The van der Waals surface area contributed by atoms with Gasteiger partial charge in [-0.3, -0.25) is 14.6 Å². The highest BCUT2D eigenvalue weighted by Gasteiger charge is 2.37. The van der Waals surface area contributed by atoms with Crippen LogP contribution in [-0.2, 0) is 9.53 Å². The van der Waals surface area contributed by atoms with E-state index in [0.717, 1.165) is 24.1 Å². The molecule has 2 heterocycles. The van der Waals surface area contributed by atoms with Gasteiger partial charge < -0.3 is 15.0 Å². The van der Waals surface area contributed by atoms with Crippen LogP contribution >= 0.6 is 11.6 Å². The summed E-state index contributed by atoms with van der Waals surface area (Å²) < 4.78 is 5.44. The molecule has 0 spiro atoms. The SMILES string of the molecule is CCOC(=O)C1=C(CN2CCCN(C(=O)c3ccc(Cl)cc3)CC2)N(C)C(=O)NC1c1cccc(C)c1. The van der Waals surface area contributed by atoms with Crippen molar-refractivity contribution in [2.45, 2.75) is 26.3 Å². The lowest BCUT2D eigenvalue weighted by Crippen LogP contribution is -2.49. The van der Waals surface area contributed by atoms with Gasteiger partial charge in [0.15, 0.2) is 0 Å². The molecule has 1 atom stereocenters. The molecule has 4 rings (SSSR count). The first-order chi connectivity index (χ1) is 17.8. The Morgan fingerprint density at radius 3 is 2.54 bits per heavy atom. The molecule has 2 aromatic rings. The van der Waals surface area contributed by atoms with Gasteiger partial charge in [-0.05, 0) is 50.1 Å². The maximum atomic E-state index is 13.2. The molecule has 1 N–H and O–H groups in total. The fraction of sp³-hybridized carbons (Fsp3) is 0.393. The van der Waals surface area contributed by atoms with E-state index in [1.165, 1.54) is 4.90 Å². The molecule has 0 aliphatic carbocycles. The van der Waals surface area contributed by atoms with Gasteiger partial charge in [-0.1, -0.05) is 41.4 Å². The Hall–Kier alpha value is -3.36. The second kappa shape index (κ2) is 11.8. The highest BCUT2D eigenvalue weighted by atomic mass is 35.5. The summed E-state index contributed by atoms with van der Waals surface area (Å²) in [5.41, 5.74) is 3.53. The molecule has 37 heavy (non-hydrogen) atoms. The summed E-state index contributed by atoms with van der Waals surface area (Å²) >= 11 is 5.97. The summed E-state index contributed by atoms with van der Waals surface area (Å²) in [6.45, 7) is 6.89. The van der Waals surface area contributed by atoms with Crippen molar-refractivity contribution in [2.24, 2.45) is 0 Å². The topological polar surface area (TPSA) is 82.2 Å². The largest absolute Gasteiger partial charge is 0.463 e. The number of amides is 3. The van der Waals surface area contributed by atoms with Crippen LogP contribution in [0.15, 0.2) is 59.8 Å². The Kier molecular flexibility index (Phi) is 8.51. The van der Waals surface area contributed by atoms with Crippen LogP contribution in [-0.4, -0.2) is 79.0 Å².